The molecule has 1 aliphatic heterocycles. The first-order valence-corrected chi connectivity index (χ1v) is 6.86. The molecule has 1 aliphatic rings. The molecule has 98 valence electrons. The van der Waals surface area contributed by atoms with Crippen LogP contribution in [0.1, 0.15) is 5.56 Å². The summed E-state index contributed by atoms with van der Waals surface area (Å²) in [7, 11) is 1.66. The van der Waals surface area contributed by atoms with Crippen molar-refractivity contribution in [2.24, 2.45) is 0 Å². The van der Waals surface area contributed by atoms with Gasteiger partial charge < -0.3 is 9.47 Å². The van der Waals surface area contributed by atoms with E-state index in [1.807, 2.05) is 24.3 Å². The molecule has 0 N–H and O–H groups in total. The minimum absolute atomic E-state index is 0.690. The van der Waals surface area contributed by atoms with Crippen molar-refractivity contribution in [2.75, 3.05) is 19.5 Å². The molecule has 6 heteroatoms. The minimum atomic E-state index is 0.690. The maximum Gasteiger partial charge on any atom is 0.158 e. The van der Waals surface area contributed by atoms with Gasteiger partial charge in [-0.05, 0) is 12.1 Å². The second kappa shape index (κ2) is 5.36. The van der Waals surface area contributed by atoms with Crippen LogP contribution in [0.3, 0.4) is 0 Å². The first kappa shape index (κ1) is 12.1. The van der Waals surface area contributed by atoms with E-state index < -0.39 is 0 Å². The third-order valence-corrected chi connectivity index (χ3v) is 3.74. The average molecular weight is 275 g/mol. The topological polar surface area (TPSA) is 49.2 Å². The number of rotatable bonds is 3. The highest BCUT2D eigenvalue weighted by Crippen LogP contribution is 2.35. The van der Waals surface area contributed by atoms with Gasteiger partial charge >= 0.3 is 0 Å². The van der Waals surface area contributed by atoms with E-state index in [0.717, 1.165) is 27.9 Å². The molecule has 5 nitrogen and oxygen atoms in total. The van der Waals surface area contributed by atoms with E-state index in [9.17, 15) is 0 Å². The predicted octanol–water partition coefficient (Wildman–Crippen LogP) is 2.33. The predicted molar refractivity (Wildman–Crippen MR) is 74.5 cm³/mol. The van der Waals surface area contributed by atoms with Gasteiger partial charge in [0, 0.05) is 11.3 Å². The SMILES string of the molecule is COc1cccc(C2=C(n3cncn3)SCCO2)c1. The van der Waals surface area contributed by atoms with Gasteiger partial charge in [0.25, 0.3) is 0 Å². The summed E-state index contributed by atoms with van der Waals surface area (Å²) in [6, 6.07) is 7.82. The average Bonchev–Trinajstić information content (AvgIpc) is 3.01. The highest BCUT2D eigenvalue weighted by atomic mass is 32.2. The third-order valence-electron chi connectivity index (χ3n) is 2.72. The summed E-state index contributed by atoms with van der Waals surface area (Å²) in [4.78, 5) is 3.98. The van der Waals surface area contributed by atoms with Crippen molar-refractivity contribution in [1.29, 1.82) is 0 Å². The number of hydrogen-bond acceptors (Lipinski definition) is 5. The fourth-order valence-corrected chi connectivity index (χ4v) is 2.76. The van der Waals surface area contributed by atoms with Crippen molar-refractivity contribution in [3.05, 3.63) is 42.5 Å². The number of ether oxygens (including phenoxy) is 2. The highest BCUT2D eigenvalue weighted by molar-refractivity contribution is 8.08. The Balaban J connectivity index is 2.08. The molecule has 0 radical (unpaired) electrons. The Morgan fingerprint density at radius 2 is 2.37 bits per heavy atom. The molecule has 0 amide bonds. The summed E-state index contributed by atoms with van der Waals surface area (Å²) in [5.74, 6) is 2.53. The van der Waals surface area contributed by atoms with E-state index in [4.69, 9.17) is 9.47 Å². The standard InChI is InChI=1S/C13H13N3O2S/c1-17-11-4-2-3-10(7-11)12-13(19-6-5-18-12)16-9-14-8-15-16/h2-4,7-9H,5-6H2,1H3. The Labute approximate surface area is 115 Å². The lowest BCUT2D eigenvalue weighted by Gasteiger charge is -2.20. The quantitative estimate of drug-likeness (QED) is 0.860. The van der Waals surface area contributed by atoms with Gasteiger partial charge in [0.15, 0.2) is 5.76 Å². The van der Waals surface area contributed by atoms with Crippen molar-refractivity contribution in [1.82, 2.24) is 14.8 Å². The molecule has 0 atom stereocenters. The van der Waals surface area contributed by atoms with Crippen LogP contribution in [0.4, 0.5) is 0 Å². The molecule has 0 bridgehead atoms. The molecule has 3 rings (SSSR count). The summed E-state index contributed by atoms with van der Waals surface area (Å²) >= 11 is 1.71. The number of benzene rings is 1. The van der Waals surface area contributed by atoms with Crippen LogP contribution in [0.15, 0.2) is 36.9 Å². The van der Waals surface area contributed by atoms with E-state index in [2.05, 4.69) is 10.1 Å². The lowest BCUT2D eigenvalue weighted by Crippen LogP contribution is -2.10. The zero-order valence-electron chi connectivity index (χ0n) is 10.4. The van der Waals surface area contributed by atoms with Crippen LogP contribution in [0.25, 0.3) is 10.8 Å². The minimum Gasteiger partial charge on any atom is -0.497 e. The molecule has 0 saturated heterocycles. The van der Waals surface area contributed by atoms with Crippen molar-refractivity contribution < 1.29 is 9.47 Å². The molecule has 1 aromatic heterocycles. The highest BCUT2D eigenvalue weighted by Gasteiger charge is 2.19. The molecule has 1 aromatic carbocycles. The van der Waals surface area contributed by atoms with Crippen molar-refractivity contribution in [2.45, 2.75) is 0 Å². The Morgan fingerprint density at radius 1 is 1.42 bits per heavy atom. The van der Waals surface area contributed by atoms with Crippen LogP contribution >= 0.6 is 11.8 Å². The molecule has 0 unspecified atom stereocenters. The van der Waals surface area contributed by atoms with Gasteiger partial charge in [-0.3, -0.25) is 0 Å². The van der Waals surface area contributed by atoms with E-state index in [0.29, 0.717) is 6.61 Å². The molecule has 0 aliphatic carbocycles. The first-order valence-electron chi connectivity index (χ1n) is 5.88. The van der Waals surface area contributed by atoms with E-state index in [1.54, 1.807) is 29.9 Å². The molecule has 19 heavy (non-hydrogen) atoms. The van der Waals surface area contributed by atoms with Gasteiger partial charge in [0.2, 0.25) is 0 Å². The normalized spacial score (nSPS) is 15.2. The maximum atomic E-state index is 5.81. The van der Waals surface area contributed by atoms with Crippen molar-refractivity contribution >= 4 is 22.6 Å². The summed E-state index contributed by atoms with van der Waals surface area (Å²) in [5.41, 5.74) is 0.983. The maximum absolute atomic E-state index is 5.81. The molecule has 2 heterocycles. The second-order valence-corrected chi connectivity index (χ2v) is 4.99. The van der Waals surface area contributed by atoms with E-state index >= 15 is 0 Å². The van der Waals surface area contributed by atoms with Crippen molar-refractivity contribution in [3.8, 4) is 5.75 Å². The van der Waals surface area contributed by atoms with Crippen LogP contribution in [0.2, 0.25) is 0 Å². The smallest absolute Gasteiger partial charge is 0.158 e. The van der Waals surface area contributed by atoms with Gasteiger partial charge in [-0.25, -0.2) is 9.67 Å². The van der Waals surface area contributed by atoms with Crippen LogP contribution in [-0.2, 0) is 4.74 Å². The molecule has 2 aromatic rings. The largest absolute Gasteiger partial charge is 0.497 e. The van der Waals surface area contributed by atoms with Crippen LogP contribution in [0, 0.1) is 0 Å². The third kappa shape index (κ3) is 2.44. The van der Waals surface area contributed by atoms with E-state index in [1.165, 1.54) is 6.33 Å². The zero-order valence-corrected chi connectivity index (χ0v) is 11.3. The fourth-order valence-electron chi connectivity index (χ4n) is 1.86. The number of hydrogen-bond donors (Lipinski definition) is 0. The van der Waals surface area contributed by atoms with Gasteiger partial charge in [0.05, 0.1) is 13.7 Å². The summed E-state index contributed by atoms with van der Waals surface area (Å²) in [6.45, 7) is 0.690. The Morgan fingerprint density at radius 3 is 3.16 bits per heavy atom. The molecule has 0 fully saturated rings. The van der Waals surface area contributed by atoms with Gasteiger partial charge in [-0.15, -0.1) is 0 Å². The lowest BCUT2D eigenvalue weighted by molar-refractivity contribution is 0.299. The first-order chi connectivity index (χ1) is 9.38. The molecule has 0 spiro atoms. The second-order valence-electron chi connectivity index (χ2n) is 3.90. The van der Waals surface area contributed by atoms with E-state index in [-0.39, 0.29) is 0 Å². The number of aromatic nitrogens is 3. The van der Waals surface area contributed by atoms with Gasteiger partial charge in [-0.2, -0.15) is 5.10 Å². The summed E-state index contributed by atoms with van der Waals surface area (Å²) in [5, 5.41) is 5.13. The monoisotopic (exact) mass is 275 g/mol. The van der Waals surface area contributed by atoms with Crippen LogP contribution < -0.4 is 4.74 Å². The van der Waals surface area contributed by atoms with Crippen LogP contribution in [0.5, 0.6) is 5.75 Å². The molecular formula is C13H13N3O2S. The fraction of sp³-hybridized carbons (Fsp3) is 0.231. The summed E-state index contributed by atoms with van der Waals surface area (Å²) in [6.07, 6.45) is 3.20. The number of methoxy groups -OCH3 is 1. The Kier molecular flexibility index (Phi) is 3.41. The molecular weight excluding hydrogens is 262 g/mol. The number of nitrogens with zero attached hydrogens (tertiary/aromatic N) is 3. The van der Waals surface area contributed by atoms with Gasteiger partial charge in [-0.1, -0.05) is 23.9 Å². The Hall–Kier alpha value is -1.95. The molecule has 0 saturated carbocycles. The zero-order chi connectivity index (χ0) is 13.1. The number of thioether (sulfide) groups is 1. The lowest BCUT2D eigenvalue weighted by atomic mass is 10.2. The van der Waals surface area contributed by atoms with Crippen molar-refractivity contribution in [3.63, 3.8) is 0 Å². The Bertz CT molecular complexity index is 596. The van der Waals surface area contributed by atoms with Crippen LogP contribution in [-0.4, -0.2) is 34.2 Å². The summed E-state index contributed by atoms with van der Waals surface area (Å²) < 4.78 is 12.8. The van der Waals surface area contributed by atoms with Gasteiger partial charge in [0.1, 0.15) is 23.4 Å².